The highest BCUT2D eigenvalue weighted by atomic mass is 32.1. The summed E-state index contributed by atoms with van der Waals surface area (Å²) < 4.78 is 1.75. The topological polar surface area (TPSA) is 55.2 Å². The second kappa shape index (κ2) is 6.11. The third kappa shape index (κ3) is 2.66. The second-order valence-electron chi connectivity index (χ2n) is 6.47. The molecule has 25 heavy (non-hydrogen) atoms. The first-order valence-corrected chi connectivity index (χ1v) is 9.20. The van der Waals surface area contributed by atoms with E-state index in [-0.39, 0.29) is 11.5 Å². The first kappa shape index (κ1) is 16.0. The van der Waals surface area contributed by atoms with E-state index in [2.05, 4.69) is 4.98 Å². The summed E-state index contributed by atoms with van der Waals surface area (Å²) in [4.78, 5) is 33.3. The van der Waals surface area contributed by atoms with Crippen molar-refractivity contribution in [2.75, 3.05) is 7.05 Å². The Hall–Kier alpha value is -2.47. The fourth-order valence-corrected chi connectivity index (χ4v) is 4.57. The number of benzene rings is 1. The summed E-state index contributed by atoms with van der Waals surface area (Å²) in [5.74, 6) is 0.782. The maximum absolute atomic E-state index is 12.9. The van der Waals surface area contributed by atoms with Crippen LogP contribution in [0.5, 0.6) is 0 Å². The average molecular weight is 353 g/mol. The van der Waals surface area contributed by atoms with E-state index in [0.29, 0.717) is 21.6 Å². The highest BCUT2D eigenvalue weighted by molar-refractivity contribution is 7.20. The van der Waals surface area contributed by atoms with Gasteiger partial charge in [-0.25, -0.2) is 4.98 Å². The van der Waals surface area contributed by atoms with Gasteiger partial charge in [-0.1, -0.05) is 30.3 Å². The number of hydrogen-bond acceptors (Lipinski definition) is 4. The Morgan fingerprint density at radius 2 is 2.08 bits per heavy atom. The van der Waals surface area contributed by atoms with Gasteiger partial charge < -0.3 is 4.90 Å². The van der Waals surface area contributed by atoms with Gasteiger partial charge in [0.25, 0.3) is 11.5 Å². The van der Waals surface area contributed by atoms with Crippen LogP contribution in [0.1, 0.15) is 33.0 Å². The molecule has 0 saturated heterocycles. The fourth-order valence-electron chi connectivity index (χ4n) is 3.38. The highest BCUT2D eigenvalue weighted by Gasteiger charge is 2.24. The smallest absolute Gasteiger partial charge is 0.264 e. The van der Waals surface area contributed by atoms with Crippen molar-refractivity contribution in [1.29, 1.82) is 0 Å². The van der Waals surface area contributed by atoms with E-state index in [0.717, 1.165) is 36.3 Å². The van der Waals surface area contributed by atoms with E-state index in [1.54, 1.807) is 16.5 Å². The molecule has 0 bridgehead atoms. The highest BCUT2D eigenvalue weighted by Crippen LogP contribution is 2.29. The molecule has 4 rings (SSSR count). The summed E-state index contributed by atoms with van der Waals surface area (Å²) in [5.41, 5.74) is 1.83. The SMILES string of the molecule is Cc1c(C(=O)N(C)Cc2ccccc2)sc2nc3n(c(=O)c12)CCC3. The van der Waals surface area contributed by atoms with E-state index in [1.165, 1.54) is 11.3 Å². The van der Waals surface area contributed by atoms with Gasteiger partial charge in [0, 0.05) is 26.6 Å². The normalized spacial score (nSPS) is 13.2. The molecule has 0 aliphatic carbocycles. The Labute approximate surface area is 149 Å². The average Bonchev–Trinajstić information content (AvgIpc) is 3.20. The third-order valence-corrected chi connectivity index (χ3v) is 5.89. The molecule has 3 heterocycles. The first-order valence-electron chi connectivity index (χ1n) is 8.38. The van der Waals surface area contributed by atoms with Gasteiger partial charge in [-0.3, -0.25) is 14.2 Å². The van der Waals surface area contributed by atoms with Crippen LogP contribution >= 0.6 is 11.3 Å². The molecule has 128 valence electrons. The lowest BCUT2D eigenvalue weighted by Gasteiger charge is -2.16. The molecule has 0 atom stereocenters. The van der Waals surface area contributed by atoms with E-state index >= 15 is 0 Å². The van der Waals surface area contributed by atoms with Crippen molar-refractivity contribution in [1.82, 2.24) is 14.5 Å². The van der Waals surface area contributed by atoms with Crippen molar-refractivity contribution in [3.8, 4) is 0 Å². The van der Waals surface area contributed by atoms with Gasteiger partial charge in [0.2, 0.25) is 0 Å². The maximum atomic E-state index is 12.9. The molecule has 0 unspecified atom stereocenters. The van der Waals surface area contributed by atoms with Gasteiger partial charge >= 0.3 is 0 Å². The monoisotopic (exact) mass is 353 g/mol. The van der Waals surface area contributed by atoms with Crippen LogP contribution < -0.4 is 5.56 Å². The van der Waals surface area contributed by atoms with Crippen LogP contribution in [0.2, 0.25) is 0 Å². The molecular formula is C19H19N3O2S. The first-order chi connectivity index (χ1) is 12.1. The molecule has 5 nitrogen and oxygen atoms in total. The largest absolute Gasteiger partial charge is 0.337 e. The number of rotatable bonds is 3. The Morgan fingerprint density at radius 1 is 1.32 bits per heavy atom. The van der Waals surface area contributed by atoms with E-state index in [9.17, 15) is 9.59 Å². The minimum absolute atomic E-state index is 0.00369. The number of nitrogens with zero attached hydrogens (tertiary/aromatic N) is 3. The van der Waals surface area contributed by atoms with E-state index < -0.39 is 0 Å². The zero-order valence-electron chi connectivity index (χ0n) is 14.3. The summed E-state index contributed by atoms with van der Waals surface area (Å²) in [5, 5.41) is 0.604. The molecule has 0 saturated carbocycles. The number of thiophene rings is 1. The van der Waals surface area contributed by atoms with Crippen LogP contribution in [0.4, 0.5) is 0 Å². The molecule has 3 aromatic rings. The van der Waals surface area contributed by atoms with Gasteiger partial charge in [-0.15, -0.1) is 11.3 Å². The Kier molecular flexibility index (Phi) is 3.92. The fraction of sp³-hybridized carbons (Fsp3) is 0.316. The summed E-state index contributed by atoms with van der Waals surface area (Å²) in [6.45, 7) is 3.12. The number of aryl methyl sites for hydroxylation is 2. The Bertz CT molecular complexity index is 1020. The lowest BCUT2D eigenvalue weighted by Crippen LogP contribution is -2.26. The quantitative estimate of drug-likeness (QED) is 0.727. The second-order valence-corrected chi connectivity index (χ2v) is 7.47. The minimum atomic E-state index is -0.0612. The van der Waals surface area contributed by atoms with Crippen molar-refractivity contribution in [3.05, 3.63) is 62.5 Å². The lowest BCUT2D eigenvalue weighted by molar-refractivity contribution is 0.0789. The van der Waals surface area contributed by atoms with Gasteiger partial charge in [0.05, 0.1) is 10.3 Å². The summed E-state index contributed by atoms with van der Waals surface area (Å²) in [6, 6.07) is 9.88. The number of amides is 1. The standard InChI is InChI=1S/C19H19N3O2S/c1-12-15-17(20-14-9-6-10-22(14)18(15)23)25-16(12)19(24)21(2)11-13-7-4-3-5-8-13/h3-5,7-8H,6,9-11H2,1-2H3. The molecule has 6 heteroatoms. The van der Waals surface area contributed by atoms with Crippen molar-refractivity contribution < 1.29 is 4.79 Å². The molecule has 0 N–H and O–H groups in total. The van der Waals surface area contributed by atoms with Crippen LogP contribution in [0, 0.1) is 6.92 Å². The summed E-state index contributed by atoms with van der Waals surface area (Å²) >= 11 is 1.34. The Morgan fingerprint density at radius 3 is 2.84 bits per heavy atom. The molecule has 1 aliphatic heterocycles. The zero-order chi connectivity index (χ0) is 17.6. The van der Waals surface area contributed by atoms with Gasteiger partial charge in [-0.05, 0) is 24.5 Å². The van der Waals surface area contributed by atoms with E-state index in [4.69, 9.17) is 0 Å². The van der Waals surface area contributed by atoms with Crippen LogP contribution in [0.3, 0.4) is 0 Å². The van der Waals surface area contributed by atoms with E-state index in [1.807, 2.05) is 37.3 Å². The third-order valence-electron chi connectivity index (χ3n) is 4.71. The molecule has 2 aromatic heterocycles. The molecular weight excluding hydrogens is 334 g/mol. The van der Waals surface area contributed by atoms with Crippen molar-refractivity contribution in [2.45, 2.75) is 32.9 Å². The van der Waals surface area contributed by atoms with Gasteiger partial charge in [0.15, 0.2) is 0 Å². The maximum Gasteiger partial charge on any atom is 0.264 e. The molecule has 0 fully saturated rings. The number of hydrogen-bond donors (Lipinski definition) is 0. The molecule has 0 spiro atoms. The van der Waals surface area contributed by atoms with Crippen molar-refractivity contribution in [2.24, 2.45) is 0 Å². The summed E-state index contributed by atoms with van der Waals surface area (Å²) in [7, 11) is 1.79. The number of fused-ring (bicyclic) bond motifs is 2. The predicted octanol–water partition coefficient (Wildman–Crippen LogP) is 2.98. The molecule has 1 aromatic carbocycles. The van der Waals surface area contributed by atoms with Crippen LogP contribution in [-0.4, -0.2) is 27.4 Å². The number of carbonyl (C=O) groups is 1. The van der Waals surface area contributed by atoms with Crippen molar-refractivity contribution >= 4 is 27.5 Å². The lowest BCUT2D eigenvalue weighted by atomic mass is 10.2. The Balaban J connectivity index is 1.72. The molecule has 1 amide bonds. The van der Waals surface area contributed by atoms with Gasteiger partial charge in [-0.2, -0.15) is 0 Å². The molecule has 0 radical (unpaired) electrons. The van der Waals surface area contributed by atoms with Crippen LogP contribution in [-0.2, 0) is 19.5 Å². The molecule has 1 aliphatic rings. The minimum Gasteiger partial charge on any atom is -0.337 e. The van der Waals surface area contributed by atoms with Crippen LogP contribution in [0.15, 0.2) is 35.1 Å². The van der Waals surface area contributed by atoms with Crippen LogP contribution in [0.25, 0.3) is 10.2 Å². The zero-order valence-corrected chi connectivity index (χ0v) is 15.1. The van der Waals surface area contributed by atoms with Crippen molar-refractivity contribution in [3.63, 3.8) is 0 Å². The predicted molar refractivity (Wildman–Crippen MR) is 99.2 cm³/mol. The number of aromatic nitrogens is 2. The summed E-state index contributed by atoms with van der Waals surface area (Å²) in [6.07, 6.45) is 1.80. The van der Waals surface area contributed by atoms with Gasteiger partial charge in [0.1, 0.15) is 10.7 Å². The number of carbonyl (C=O) groups excluding carboxylic acids is 1.